The molecule has 0 aliphatic rings. The van der Waals surface area contributed by atoms with Gasteiger partial charge in [-0.05, 0) is 24.1 Å². The average Bonchev–Trinajstić information content (AvgIpc) is 2.58. The Bertz CT molecular complexity index is 763. The first-order chi connectivity index (χ1) is 11.8. The molecule has 0 fully saturated rings. The number of carbonyl (C=O) groups excluding carboxylic acids is 1. The topological polar surface area (TPSA) is 75.3 Å². The van der Waals surface area contributed by atoms with Crippen molar-refractivity contribution in [3.63, 3.8) is 0 Å². The third-order valence-electron chi connectivity index (χ3n) is 3.35. The zero-order chi connectivity index (χ0) is 18.6. The van der Waals surface area contributed by atoms with Crippen molar-refractivity contribution >= 4 is 29.0 Å². The predicted octanol–water partition coefficient (Wildman–Crippen LogP) is 3.66. The van der Waals surface area contributed by atoms with E-state index < -0.39 is 23.4 Å². The van der Waals surface area contributed by atoms with Crippen LogP contribution in [-0.2, 0) is 0 Å². The van der Waals surface area contributed by atoms with Gasteiger partial charge in [0.25, 0.3) is 5.91 Å². The molecule has 2 aromatic rings. The number of benzene rings is 2. The molecule has 0 aliphatic heterocycles. The standard InChI is InChI=1S/C17H17F3N2O2S/c1-9(7-23)8-25-15-4-10(2-3-14(15)21)17(24)22-11-5-12(18)16(20)13(19)6-11/h2-6,9,23H,7-8,21H2,1H3,(H,22,24). The molecule has 0 spiro atoms. The Balaban J connectivity index is 2.16. The van der Waals surface area contributed by atoms with Crippen LogP contribution in [0.4, 0.5) is 24.5 Å². The second-order valence-corrected chi connectivity index (χ2v) is 6.62. The number of aliphatic hydroxyl groups excluding tert-OH is 1. The number of halogens is 3. The van der Waals surface area contributed by atoms with Crippen LogP contribution in [0.25, 0.3) is 0 Å². The van der Waals surface area contributed by atoms with Crippen LogP contribution in [0.15, 0.2) is 35.2 Å². The smallest absolute Gasteiger partial charge is 0.255 e. The predicted molar refractivity (Wildman–Crippen MR) is 92.1 cm³/mol. The van der Waals surface area contributed by atoms with Crippen molar-refractivity contribution in [2.24, 2.45) is 5.92 Å². The summed E-state index contributed by atoms with van der Waals surface area (Å²) in [6, 6.07) is 5.97. The molecule has 0 radical (unpaired) electrons. The van der Waals surface area contributed by atoms with Crippen molar-refractivity contribution in [2.45, 2.75) is 11.8 Å². The summed E-state index contributed by atoms with van der Waals surface area (Å²) in [6.45, 7) is 1.91. The van der Waals surface area contributed by atoms with Gasteiger partial charge in [-0.25, -0.2) is 13.2 Å². The van der Waals surface area contributed by atoms with Crippen LogP contribution in [0.1, 0.15) is 17.3 Å². The Morgan fingerprint density at radius 2 is 1.88 bits per heavy atom. The number of nitrogens with two attached hydrogens (primary N) is 1. The van der Waals surface area contributed by atoms with E-state index in [0.29, 0.717) is 28.5 Å². The largest absolute Gasteiger partial charge is 0.398 e. The highest BCUT2D eigenvalue weighted by Crippen LogP contribution is 2.28. The van der Waals surface area contributed by atoms with Gasteiger partial charge in [0.05, 0.1) is 0 Å². The van der Waals surface area contributed by atoms with E-state index in [1.807, 2.05) is 6.92 Å². The number of thioether (sulfide) groups is 1. The first-order valence-electron chi connectivity index (χ1n) is 7.41. The number of amides is 1. The van der Waals surface area contributed by atoms with Gasteiger partial charge in [-0.15, -0.1) is 11.8 Å². The van der Waals surface area contributed by atoms with Crippen molar-refractivity contribution in [1.29, 1.82) is 0 Å². The van der Waals surface area contributed by atoms with E-state index in [4.69, 9.17) is 10.8 Å². The number of aliphatic hydroxyl groups is 1. The van der Waals surface area contributed by atoms with E-state index >= 15 is 0 Å². The van der Waals surface area contributed by atoms with E-state index in [2.05, 4.69) is 5.32 Å². The number of nitrogen functional groups attached to an aromatic ring is 1. The Morgan fingerprint density at radius 3 is 2.48 bits per heavy atom. The lowest BCUT2D eigenvalue weighted by Gasteiger charge is -2.11. The molecule has 0 saturated carbocycles. The minimum atomic E-state index is -1.60. The second kappa shape index (κ2) is 8.26. The lowest BCUT2D eigenvalue weighted by Crippen LogP contribution is -2.13. The molecular weight excluding hydrogens is 353 g/mol. The quantitative estimate of drug-likeness (QED) is 0.412. The van der Waals surface area contributed by atoms with Crippen LogP contribution in [0, 0.1) is 23.4 Å². The maximum atomic E-state index is 13.2. The number of hydrogen-bond acceptors (Lipinski definition) is 4. The van der Waals surface area contributed by atoms with Crippen LogP contribution in [0.5, 0.6) is 0 Å². The molecule has 134 valence electrons. The Morgan fingerprint density at radius 1 is 1.24 bits per heavy atom. The first kappa shape index (κ1) is 19.1. The highest BCUT2D eigenvalue weighted by molar-refractivity contribution is 7.99. The van der Waals surface area contributed by atoms with Crippen LogP contribution >= 0.6 is 11.8 Å². The summed E-state index contributed by atoms with van der Waals surface area (Å²) in [6.07, 6.45) is 0. The summed E-state index contributed by atoms with van der Waals surface area (Å²) >= 11 is 1.39. The minimum Gasteiger partial charge on any atom is -0.398 e. The summed E-state index contributed by atoms with van der Waals surface area (Å²) in [4.78, 5) is 12.9. The molecule has 0 aliphatic carbocycles. The number of rotatable bonds is 6. The third kappa shape index (κ3) is 4.90. The third-order valence-corrected chi connectivity index (χ3v) is 4.75. The van der Waals surface area contributed by atoms with Crippen molar-refractivity contribution in [1.82, 2.24) is 0 Å². The van der Waals surface area contributed by atoms with Gasteiger partial charge in [-0.3, -0.25) is 4.79 Å². The molecule has 2 aromatic carbocycles. The summed E-state index contributed by atoms with van der Waals surface area (Å²) in [7, 11) is 0. The molecule has 8 heteroatoms. The fourth-order valence-electron chi connectivity index (χ4n) is 1.92. The van der Waals surface area contributed by atoms with E-state index in [-0.39, 0.29) is 23.8 Å². The normalized spacial score (nSPS) is 12.0. The maximum Gasteiger partial charge on any atom is 0.255 e. The van der Waals surface area contributed by atoms with Gasteiger partial charge < -0.3 is 16.2 Å². The van der Waals surface area contributed by atoms with Crippen LogP contribution in [0.3, 0.4) is 0 Å². The number of nitrogens with one attached hydrogen (secondary N) is 1. The van der Waals surface area contributed by atoms with Gasteiger partial charge in [0.2, 0.25) is 0 Å². The van der Waals surface area contributed by atoms with Crippen molar-refractivity contribution in [3.8, 4) is 0 Å². The van der Waals surface area contributed by atoms with E-state index in [1.54, 1.807) is 12.1 Å². The van der Waals surface area contributed by atoms with Gasteiger partial charge in [-0.2, -0.15) is 0 Å². The molecule has 1 atom stereocenters. The molecule has 0 aromatic heterocycles. The first-order valence-corrected chi connectivity index (χ1v) is 8.39. The Kier molecular flexibility index (Phi) is 6.33. The van der Waals surface area contributed by atoms with Gasteiger partial charge in [0.15, 0.2) is 17.5 Å². The fourth-order valence-corrected chi connectivity index (χ4v) is 2.93. The monoisotopic (exact) mass is 370 g/mol. The van der Waals surface area contributed by atoms with Crippen molar-refractivity contribution in [3.05, 3.63) is 53.3 Å². The summed E-state index contributed by atoms with van der Waals surface area (Å²) in [5, 5.41) is 11.4. The van der Waals surface area contributed by atoms with Gasteiger partial charge in [0, 0.05) is 46.3 Å². The Labute approximate surface area is 147 Å². The zero-order valence-electron chi connectivity index (χ0n) is 13.4. The Hall–Kier alpha value is -2.19. The summed E-state index contributed by atoms with van der Waals surface area (Å²) in [5.41, 5.74) is 6.39. The number of anilines is 2. The molecule has 1 unspecified atom stereocenters. The van der Waals surface area contributed by atoms with Crippen molar-refractivity contribution < 1.29 is 23.1 Å². The molecule has 2 rings (SSSR count). The van der Waals surface area contributed by atoms with E-state index in [9.17, 15) is 18.0 Å². The number of carbonyl (C=O) groups is 1. The molecule has 0 bridgehead atoms. The molecule has 25 heavy (non-hydrogen) atoms. The van der Waals surface area contributed by atoms with Gasteiger partial charge in [0.1, 0.15) is 0 Å². The van der Waals surface area contributed by atoms with Crippen molar-refractivity contribution in [2.75, 3.05) is 23.4 Å². The minimum absolute atomic E-state index is 0.0365. The number of hydrogen-bond donors (Lipinski definition) is 3. The SMILES string of the molecule is CC(CO)CSc1cc(C(=O)Nc2cc(F)c(F)c(F)c2)ccc1N. The highest BCUT2D eigenvalue weighted by Gasteiger charge is 2.14. The average molecular weight is 370 g/mol. The molecule has 0 heterocycles. The van der Waals surface area contributed by atoms with E-state index in [1.165, 1.54) is 17.8 Å². The fraction of sp³-hybridized carbons (Fsp3) is 0.235. The van der Waals surface area contributed by atoms with E-state index in [0.717, 1.165) is 0 Å². The lowest BCUT2D eigenvalue weighted by atomic mass is 10.2. The molecule has 1 amide bonds. The van der Waals surface area contributed by atoms with Crippen LogP contribution in [-0.4, -0.2) is 23.4 Å². The molecule has 0 saturated heterocycles. The summed E-state index contributed by atoms with van der Waals surface area (Å²) in [5.74, 6) is -4.31. The maximum absolute atomic E-state index is 13.2. The molecule has 4 N–H and O–H groups in total. The lowest BCUT2D eigenvalue weighted by molar-refractivity contribution is 0.102. The van der Waals surface area contributed by atoms with Crippen LogP contribution in [0.2, 0.25) is 0 Å². The van der Waals surface area contributed by atoms with Crippen LogP contribution < -0.4 is 11.1 Å². The second-order valence-electron chi connectivity index (χ2n) is 5.56. The van der Waals surface area contributed by atoms with Gasteiger partial charge in [-0.1, -0.05) is 6.92 Å². The zero-order valence-corrected chi connectivity index (χ0v) is 14.2. The molecular formula is C17H17F3N2O2S. The summed E-state index contributed by atoms with van der Waals surface area (Å²) < 4.78 is 39.4. The highest BCUT2D eigenvalue weighted by atomic mass is 32.2. The molecule has 4 nitrogen and oxygen atoms in total. The van der Waals surface area contributed by atoms with Gasteiger partial charge >= 0.3 is 0 Å².